The normalized spacial score (nSPS) is 12.2. The molecule has 0 saturated heterocycles. The molecular weight excluding hydrogens is 234 g/mol. The van der Waals surface area contributed by atoms with E-state index in [2.05, 4.69) is 15.6 Å². The summed E-state index contributed by atoms with van der Waals surface area (Å²) >= 11 is 0. The van der Waals surface area contributed by atoms with Crippen LogP contribution in [0.5, 0.6) is 0 Å². The number of likely N-dealkylation sites (N-methyl/N-ethyl adjacent to an activating group) is 1. The van der Waals surface area contributed by atoms with Crippen molar-refractivity contribution in [3.8, 4) is 0 Å². The molecular formula is C12H19N3O3. The molecule has 0 aliphatic carbocycles. The zero-order valence-corrected chi connectivity index (χ0v) is 10.8. The average Bonchev–Trinajstić information content (AvgIpc) is 2.68. The van der Waals surface area contributed by atoms with Crippen LogP contribution in [0.1, 0.15) is 35.6 Å². The van der Waals surface area contributed by atoms with Crippen LogP contribution in [-0.2, 0) is 11.3 Å². The Morgan fingerprint density at radius 3 is 2.67 bits per heavy atom. The molecule has 18 heavy (non-hydrogen) atoms. The maximum absolute atomic E-state index is 11.5. The lowest BCUT2D eigenvalue weighted by molar-refractivity contribution is -0.122. The molecule has 0 aliphatic heterocycles. The van der Waals surface area contributed by atoms with E-state index in [0.29, 0.717) is 18.8 Å². The third-order valence-corrected chi connectivity index (χ3v) is 2.64. The maximum atomic E-state index is 11.5. The molecule has 0 saturated carbocycles. The first-order chi connectivity index (χ1) is 8.45. The molecule has 1 rings (SSSR count). The Morgan fingerprint density at radius 2 is 2.17 bits per heavy atom. The van der Waals surface area contributed by atoms with Crippen molar-refractivity contribution in [2.75, 3.05) is 6.54 Å². The number of aromatic amines is 1. The Balaban J connectivity index is 2.56. The van der Waals surface area contributed by atoms with Gasteiger partial charge in [-0.15, -0.1) is 0 Å². The Kier molecular flexibility index (Phi) is 4.91. The van der Waals surface area contributed by atoms with Gasteiger partial charge in [-0.25, -0.2) is 4.79 Å². The number of aryl methyl sites for hydroxylation is 1. The van der Waals surface area contributed by atoms with Crippen LogP contribution >= 0.6 is 0 Å². The third kappa shape index (κ3) is 3.59. The van der Waals surface area contributed by atoms with E-state index in [9.17, 15) is 9.59 Å². The van der Waals surface area contributed by atoms with Gasteiger partial charge < -0.3 is 20.7 Å². The summed E-state index contributed by atoms with van der Waals surface area (Å²) in [6.07, 6.45) is 0. The predicted molar refractivity (Wildman–Crippen MR) is 67.5 cm³/mol. The predicted octanol–water partition coefficient (Wildman–Crippen LogP) is 0.636. The number of H-pyrrole nitrogens is 1. The fourth-order valence-electron chi connectivity index (χ4n) is 1.63. The first kappa shape index (κ1) is 14.2. The minimum Gasteiger partial charge on any atom is -0.478 e. The number of amides is 1. The summed E-state index contributed by atoms with van der Waals surface area (Å²) in [6, 6.07) is 1.26. The average molecular weight is 253 g/mol. The first-order valence-electron chi connectivity index (χ1n) is 5.88. The standard InChI is InChI=1S/C12H19N3O3/c1-4-13-11(16)8(3)14-6-9-5-10(12(17)18)7(2)15-9/h5,8,14-15H,4,6H2,1-3H3,(H,13,16)(H,17,18). The fourth-order valence-corrected chi connectivity index (χ4v) is 1.63. The lowest BCUT2D eigenvalue weighted by Crippen LogP contribution is -2.41. The second-order valence-electron chi connectivity index (χ2n) is 4.14. The smallest absolute Gasteiger partial charge is 0.337 e. The van der Waals surface area contributed by atoms with E-state index >= 15 is 0 Å². The molecule has 0 radical (unpaired) electrons. The van der Waals surface area contributed by atoms with Crippen LogP contribution in [0.15, 0.2) is 6.07 Å². The molecule has 4 N–H and O–H groups in total. The van der Waals surface area contributed by atoms with Gasteiger partial charge in [-0.2, -0.15) is 0 Å². The van der Waals surface area contributed by atoms with Crippen molar-refractivity contribution in [1.29, 1.82) is 0 Å². The fraction of sp³-hybridized carbons (Fsp3) is 0.500. The largest absolute Gasteiger partial charge is 0.478 e. The number of carboxylic acids is 1. The highest BCUT2D eigenvalue weighted by Gasteiger charge is 2.14. The van der Waals surface area contributed by atoms with Crippen LogP contribution < -0.4 is 10.6 Å². The molecule has 0 aliphatic rings. The van der Waals surface area contributed by atoms with Crippen LogP contribution in [0.2, 0.25) is 0 Å². The highest BCUT2D eigenvalue weighted by Crippen LogP contribution is 2.09. The van der Waals surface area contributed by atoms with E-state index in [4.69, 9.17) is 5.11 Å². The van der Waals surface area contributed by atoms with Crippen molar-refractivity contribution in [2.45, 2.75) is 33.4 Å². The quantitative estimate of drug-likeness (QED) is 0.598. The van der Waals surface area contributed by atoms with E-state index in [1.54, 1.807) is 19.9 Å². The van der Waals surface area contributed by atoms with Crippen LogP contribution in [-0.4, -0.2) is 34.6 Å². The van der Waals surface area contributed by atoms with Crippen molar-refractivity contribution in [1.82, 2.24) is 15.6 Å². The van der Waals surface area contributed by atoms with Crippen LogP contribution in [0, 0.1) is 6.92 Å². The van der Waals surface area contributed by atoms with Crippen LogP contribution in [0.25, 0.3) is 0 Å². The van der Waals surface area contributed by atoms with Crippen molar-refractivity contribution in [2.24, 2.45) is 0 Å². The molecule has 6 heteroatoms. The zero-order chi connectivity index (χ0) is 13.7. The molecule has 0 fully saturated rings. The Morgan fingerprint density at radius 1 is 1.50 bits per heavy atom. The van der Waals surface area contributed by atoms with E-state index in [1.165, 1.54) is 0 Å². The molecule has 6 nitrogen and oxygen atoms in total. The number of carbonyl (C=O) groups excluding carboxylic acids is 1. The van der Waals surface area contributed by atoms with Gasteiger partial charge >= 0.3 is 5.97 Å². The van der Waals surface area contributed by atoms with Crippen molar-refractivity contribution >= 4 is 11.9 Å². The molecule has 0 spiro atoms. The van der Waals surface area contributed by atoms with E-state index in [-0.39, 0.29) is 17.5 Å². The zero-order valence-electron chi connectivity index (χ0n) is 10.8. The van der Waals surface area contributed by atoms with Gasteiger partial charge in [0.05, 0.1) is 11.6 Å². The molecule has 1 atom stereocenters. The molecule has 1 unspecified atom stereocenters. The Hall–Kier alpha value is -1.82. The van der Waals surface area contributed by atoms with Gasteiger partial charge in [0.2, 0.25) is 5.91 Å². The van der Waals surface area contributed by atoms with Gasteiger partial charge in [0.15, 0.2) is 0 Å². The molecule has 0 aromatic carbocycles. The minimum atomic E-state index is -0.952. The summed E-state index contributed by atoms with van der Waals surface area (Å²) in [6.45, 7) is 6.35. The van der Waals surface area contributed by atoms with Crippen molar-refractivity contribution in [3.63, 3.8) is 0 Å². The van der Waals surface area contributed by atoms with Gasteiger partial charge in [0, 0.05) is 24.5 Å². The van der Waals surface area contributed by atoms with E-state index in [0.717, 1.165) is 5.69 Å². The summed E-state index contributed by atoms with van der Waals surface area (Å²) in [7, 11) is 0. The topological polar surface area (TPSA) is 94.2 Å². The van der Waals surface area contributed by atoms with Gasteiger partial charge in [-0.3, -0.25) is 4.79 Å². The second-order valence-corrected chi connectivity index (χ2v) is 4.14. The highest BCUT2D eigenvalue weighted by molar-refractivity contribution is 5.89. The van der Waals surface area contributed by atoms with E-state index < -0.39 is 5.97 Å². The molecule has 1 amide bonds. The lowest BCUT2D eigenvalue weighted by Gasteiger charge is -2.12. The summed E-state index contributed by atoms with van der Waals surface area (Å²) in [4.78, 5) is 25.3. The monoisotopic (exact) mass is 253 g/mol. The number of aromatic nitrogens is 1. The Bertz CT molecular complexity index is 440. The number of aromatic carboxylic acids is 1. The van der Waals surface area contributed by atoms with Crippen LogP contribution in [0.4, 0.5) is 0 Å². The summed E-state index contributed by atoms with van der Waals surface area (Å²) in [5.41, 5.74) is 1.63. The summed E-state index contributed by atoms with van der Waals surface area (Å²) < 4.78 is 0. The molecule has 1 heterocycles. The Labute approximate surface area is 106 Å². The lowest BCUT2D eigenvalue weighted by atomic mass is 10.2. The first-order valence-corrected chi connectivity index (χ1v) is 5.88. The SMILES string of the molecule is CCNC(=O)C(C)NCc1cc(C(=O)O)c(C)[nH]1. The van der Waals surface area contributed by atoms with Gasteiger partial charge in [-0.05, 0) is 26.8 Å². The number of hydrogen-bond donors (Lipinski definition) is 4. The van der Waals surface area contributed by atoms with E-state index in [1.807, 2.05) is 6.92 Å². The second kappa shape index (κ2) is 6.20. The molecule has 100 valence electrons. The van der Waals surface area contributed by atoms with Gasteiger partial charge in [0.1, 0.15) is 0 Å². The number of nitrogens with one attached hydrogen (secondary N) is 3. The molecule has 1 aromatic heterocycles. The molecule has 1 aromatic rings. The minimum absolute atomic E-state index is 0.0702. The third-order valence-electron chi connectivity index (χ3n) is 2.64. The van der Waals surface area contributed by atoms with Crippen molar-refractivity contribution < 1.29 is 14.7 Å². The van der Waals surface area contributed by atoms with Crippen molar-refractivity contribution in [3.05, 3.63) is 23.0 Å². The molecule has 0 bridgehead atoms. The van der Waals surface area contributed by atoms with Gasteiger partial charge in [0.25, 0.3) is 0 Å². The number of carboxylic acid groups (broad SMARTS) is 1. The van der Waals surface area contributed by atoms with Gasteiger partial charge in [-0.1, -0.05) is 0 Å². The number of carbonyl (C=O) groups is 2. The number of rotatable bonds is 6. The highest BCUT2D eigenvalue weighted by atomic mass is 16.4. The maximum Gasteiger partial charge on any atom is 0.337 e. The van der Waals surface area contributed by atoms with Crippen LogP contribution in [0.3, 0.4) is 0 Å². The summed E-state index contributed by atoms with van der Waals surface area (Å²) in [5, 5.41) is 14.6. The summed E-state index contributed by atoms with van der Waals surface area (Å²) in [5.74, 6) is -1.02. The number of hydrogen-bond acceptors (Lipinski definition) is 3.